The van der Waals surface area contributed by atoms with Crippen molar-refractivity contribution in [3.8, 4) is 0 Å². The topological polar surface area (TPSA) is 83.5 Å². The first-order chi connectivity index (χ1) is 8.56. The second-order valence-corrected chi connectivity index (χ2v) is 4.80. The second-order valence-electron chi connectivity index (χ2n) is 4.80. The predicted octanol–water partition coefficient (Wildman–Crippen LogP) is 1.51. The Hall–Kier alpha value is -1.39. The minimum atomic E-state index is -1.07. The van der Waals surface area contributed by atoms with E-state index in [-0.39, 0.29) is 11.7 Å². The molecule has 1 aliphatic heterocycles. The quantitative estimate of drug-likeness (QED) is 0.508. The number of rotatable bonds is 8. The normalized spacial score (nSPS) is 20.5. The minimum absolute atomic E-state index is 0.163. The Labute approximate surface area is 107 Å². The molecule has 2 N–H and O–H groups in total. The van der Waals surface area contributed by atoms with Crippen molar-refractivity contribution in [2.75, 3.05) is 0 Å². The van der Waals surface area contributed by atoms with Gasteiger partial charge in [-0.3, -0.25) is 14.4 Å². The maximum atomic E-state index is 12.0. The summed E-state index contributed by atoms with van der Waals surface area (Å²) >= 11 is 0. The van der Waals surface area contributed by atoms with Gasteiger partial charge >= 0.3 is 5.97 Å². The van der Waals surface area contributed by atoms with Crippen LogP contribution in [0, 0.1) is 5.92 Å². The van der Waals surface area contributed by atoms with Gasteiger partial charge < -0.3 is 10.4 Å². The molecule has 5 nitrogen and oxygen atoms in total. The smallest absolute Gasteiger partial charge is 0.314 e. The van der Waals surface area contributed by atoms with Gasteiger partial charge in [-0.25, -0.2) is 0 Å². The molecule has 0 radical (unpaired) electrons. The van der Waals surface area contributed by atoms with E-state index in [1.54, 1.807) is 0 Å². The van der Waals surface area contributed by atoms with Crippen molar-refractivity contribution in [2.24, 2.45) is 5.92 Å². The molecule has 0 aromatic rings. The molecule has 102 valence electrons. The van der Waals surface area contributed by atoms with Gasteiger partial charge in [-0.15, -0.1) is 0 Å². The Kier molecular flexibility index (Phi) is 5.82. The summed E-state index contributed by atoms with van der Waals surface area (Å²) in [5.74, 6) is -2.55. The van der Waals surface area contributed by atoms with Crippen molar-refractivity contribution in [2.45, 2.75) is 57.9 Å². The van der Waals surface area contributed by atoms with Crippen molar-refractivity contribution in [3.63, 3.8) is 0 Å². The Morgan fingerprint density at radius 3 is 2.61 bits per heavy atom. The lowest BCUT2D eigenvalue weighted by Gasteiger charge is -2.15. The monoisotopic (exact) mass is 255 g/mol. The molecule has 1 fully saturated rings. The van der Waals surface area contributed by atoms with Crippen LogP contribution in [-0.2, 0) is 14.4 Å². The first kappa shape index (κ1) is 14.7. The number of hydrogen-bond donors (Lipinski definition) is 2. The number of carboxylic acids is 1. The maximum absolute atomic E-state index is 12.0. The van der Waals surface area contributed by atoms with E-state index in [0.717, 1.165) is 25.7 Å². The molecule has 1 amide bonds. The summed E-state index contributed by atoms with van der Waals surface area (Å²) in [4.78, 5) is 34.1. The molecule has 1 rings (SSSR count). The third kappa shape index (κ3) is 4.13. The fourth-order valence-electron chi connectivity index (χ4n) is 2.23. The molecule has 1 unspecified atom stereocenters. The lowest BCUT2D eigenvalue weighted by atomic mass is 9.92. The van der Waals surface area contributed by atoms with Crippen LogP contribution in [-0.4, -0.2) is 28.8 Å². The molecule has 0 saturated carbocycles. The van der Waals surface area contributed by atoms with Crippen molar-refractivity contribution >= 4 is 17.7 Å². The van der Waals surface area contributed by atoms with E-state index in [9.17, 15) is 14.4 Å². The lowest BCUT2D eigenvalue weighted by Crippen LogP contribution is -2.40. The molecule has 0 aromatic heterocycles. The van der Waals surface area contributed by atoms with Crippen LogP contribution in [0.25, 0.3) is 0 Å². The highest BCUT2D eigenvalue weighted by Gasteiger charge is 2.35. The highest BCUT2D eigenvalue weighted by Crippen LogP contribution is 2.18. The molecular weight excluding hydrogens is 234 g/mol. The zero-order valence-corrected chi connectivity index (χ0v) is 10.8. The molecule has 2 atom stereocenters. The summed E-state index contributed by atoms with van der Waals surface area (Å²) in [5, 5.41) is 11.6. The van der Waals surface area contributed by atoms with E-state index < -0.39 is 17.9 Å². The van der Waals surface area contributed by atoms with Crippen LogP contribution in [0.15, 0.2) is 0 Å². The number of carbonyl (C=O) groups is 3. The number of ketones is 1. The van der Waals surface area contributed by atoms with Crippen LogP contribution in [0.2, 0.25) is 0 Å². The van der Waals surface area contributed by atoms with Crippen LogP contribution >= 0.6 is 0 Å². The highest BCUT2D eigenvalue weighted by atomic mass is 16.4. The van der Waals surface area contributed by atoms with Gasteiger partial charge in [0.15, 0.2) is 5.78 Å². The number of nitrogens with one attached hydrogen (secondary N) is 1. The lowest BCUT2D eigenvalue weighted by molar-refractivity contribution is -0.147. The maximum Gasteiger partial charge on any atom is 0.314 e. The van der Waals surface area contributed by atoms with E-state index >= 15 is 0 Å². The molecule has 18 heavy (non-hydrogen) atoms. The van der Waals surface area contributed by atoms with Crippen LogP contribution in [0.5, 0.6) is 0 Å². The van der Waals surface area contributed by atoms with Gasteiger partial charge in [0.05, 0.1) is 6.04 Å². The minimum Gasteiger partial charge on any atom is -0.481 e. The molecule has 0 spiro atoms. The zero-order chi connectivity index (χ0) is 13.5. The van der Waals surface area contributed by atoms with Gasteiger partial charge in [0.2, 0.25) is 5.91 Å². The number of unbranched alkanes of at least 4 members (excludes halogenated alkanes) is 3. The van der Waals surface area contributed by atoms with Gasteiger partial charge in [-0.1, -0.05) is 32.6 Å². The Morgan fingerprint density at radius 2 is 2.11 bits per heavy atom. The van der Waals surface area contributed by atoms with E-state index in [0.29, 0.717) is 19.3 Å². The van der Waals surface area contributed by atoms with Crippen LogP contribution < -0.4 is 5.32 Å². The summed E-state index contributed by atoms with van der Waals surface area (Å²) in [6.45, 7) is 2.08. The molecule has 1 aliphatic rings. The first-order valence-corrected chi connectivity index (χ1v) is 6.62. The van der Waals surface area contributed by atoms with E-state index in [4.69, 9.17) is 5.11 Å². The Morgan fingerprint density at radius 1 is 1.39 bits per heavy atom. The summed E-state index contributed by atoms with van der Waals surface area (Å²) in [6.07, 6.45) is 4.95. The van der Waals surface area contributed by atoms with Crippen molar-refractivity contribution in [1.29, 1.82) is 0 Å². The predicted molar refractivity (Wildman–Crippen MR) is 66.1 cm³/mol. The third-order valence-electron chi connectivity index (χ3n) is 3.33. The standard InChI is InChI=1S/C13H21NO4/c1-2-3-4-5-6-9(13(17)18)12(16)10-7-8-11(15)14-10/h9-10H,2-8H2,1H3,(H,14,15)(H,17,18)/t9?,10-/m0/s1. The van der Waals surface area contributed by atoms with Crippen LogP contribution in [0.3, 0.4) is 0 Å². The first-order valence-electron chi connectivity index (χ1n) is 6.62. The molecule has 5 heteroatoms. The molecule has 0 aromatic carbocycles. The van der Waals surface area contributed by atoms with Gasteiger partial charge in [-0.05, 0) is 12.8 Å². The number of hydrogen-bond acceptors (Lipinski definition) is 3. The van der Waals surface area contributed by atoms with E-state index in [1.807, 2.05) is 0 Å². The summed E-state index contributed by atoms with van der Waals surface area (Å²) in [7, 11) is 0. The third-order valence-corrected chi connectivity index (χ3v) is 3.33. The van der Waals surface area contributed by atoms with E-state index in [2.05, 4.69) is 12.2 Å². The summed E-state index contributed by atoms with van der Waals surface area (Å²) < 4.78 is 0. The van der Waals surface area contributed by atoms with Crippen molar-refractivity contribution in [3.05, 3.63) is 0 Å². The summed E-state index contributed by atoms with van der Waals surface area (Å²) in [6, 6.07) is -0.593. The van der Waals surface area contributed by atoms with Crippen molar-refractivity contribution in [1.82, 2.24) is 5.32 Å². The fraction of sp³-hybridized carbons (Fsp3) is 0.769. The van der Waals surface area contributed by atoms with Crippen LogP contribution in [0.4, 0.5) is 0 Å². The van der Waals surface area contributed by atoms with Gasteiger partial charge in [-0.2, -0.15) is 0 Å². The van der Waals surface area contributed by atoms with Crippen molar-refractivity contribution < 1.29 is 19.5 Å². The Bertz CT molecular complexity index is 327. The number of amides is 1. The average molecular weight is 255 g/mol. The largest absolute Gasteiger partial charge is 0.481 e. The average Bonchev–Trinajstić information content (AvgIpc) is 2.75. The van der Waals surface area contributed by atoms with Gasteiger partial charge in [0.25, 0.3) is 0 Å². The van der Waals surface area contributed by atoms with E-state index in [1.165, 1.54) is 0 Å². The Balaban J connectivity index is 2.47. The number of carboxylic acid groups (broad SMARTS) is 1. The SMILES string of the molecule is CCCCCCC(C(=O)O)C(=O)[C@@H]1CCC(=O)N1. The molecule has 0 bridgehead atoms. The number of Topliss-reactive ketones (excluding diaryl/α,β-unsaturated/α-hetero) is 1. The fourth-order valence-corrected chi connectivity index (χ4v) is 2.23. The highest BCUT2D eigenvalue weighted by molar-refractivity contribution is 6.03. The number of aliphatic carboxylic acids is 1. The molecular formula is C13H21NO4. The molecule has 1 saturated heterocycles. The molecule has 0 aliphatic carbocycles. The van der Waals surface area contributed by atoms with Gasteiger partial charge in [0, 0.05) is 6.42 Å². The van der Waals surface area contributed by atoms with Crippen LogP contribution in [0.1, 0.15) is 51.9 Å². The zero-order valence-electron chi connectivity index (χ0n) is 10.8. The summed E-state index contributed by atoms with van der Waals surface area (Å²) in [5.41, 5.74) is 0. The number of carbonyl (C=O) groups excluding carboxylic acids is 2. The second kappa shape index (κ2) is 7.13. The van der Waals surface area contributed by atoms with Gasteiger partial charge in [0.1, 0.15) is 5.92 Å². The molecule has 1 heterocycles.